The topological polar surface area (TPSA) is 119 Å². The van der Waals surface area contributed by atoms with Crippen molar-refractivity contribution in [2.75, 3.05) is 5.32 Å². The lowest BCUT2D eigenvalue weighted by molar-refractivity contribution is -0.387. The fraction of sp³-hybridized carbons (Fsp3) is 0. The van der Waals surface area contributed by atoms with Gasteiger partial charge in [-0.15, -0.1) is 11.3 Å². The van der Waals surface area contributed by atoms with Gasteiger partial charge in [-0.2, -0.15) is 9.78 Å². The summed E-state index contributed by atoms with van der Waals surface area (Å²) in [5.41, 5.74) is 1.44. The molecule has 0 unspecified atom stereocenters. The van der Waals surface area contributed by atoms with E-state index in [0.29, 0.717) is 35.8 Å². The van der Waals surface area contributed by atoms with Crippen molar-refractivity contribution >= 4 is 79.5 Å². The van der Waals surface area contributed by atoms with Gasteiger partial charge in [0.2, 0.25) is 0 Å². The third-order valence-electron chi connectivity index (χ3n) is 5.86. The molecule has 9 nitrogen and oxygen atoms in total. The number of carbonyl (C=O) groups excluding carboxylic acids is 1. The molecule has 0 saturated heterocycles. The molecule has 0 radical (unpaired) electrons. The van der Waals surface area contributed by atoms with Crippen LogP contribution in [-0.4, -0.2) is 26.2 Å². The van der Waals surface area contributed by atoms with Gasteiger partial charge in [-0.25, -0.2) is 4.98 Å². The van der Waals surface area contributed by atoms with Crippen LogP contribution in [0.25, 0.3) is 21.3 Å². The number of fused-ring (bicyclic) bond motifs is 2. The van der Waals surface area contributed by atoms with Gasteiger partial charge < -0.3 is 5.32 Å². The Hall–Kier alpha value is -4.03. The molecule has 1 aliphatic rings. The standard InChI is InChI=1S/C26H13Cl2N5O4S2/c27-14-10-15-21(16(28)11-14)30-23(34)22(15)31-32-12-29-24-20(25(32)35)19(13-6-2-1-3-7-13)26(39-24)38-18-9-5-4-8-17(18)33(36)37/h1-12H,(H,30,31,34). The fourth-order valence-corrected chi connectivity index (χ4v) is 7.17. The van der Waals surface area contributed by atoms with E-state index >= 15 is 0 Å². The molecule has 39 heavy (non-hydrogen) atoms. The number of rotatable bonds is 5. The number of nitrogens with one attached hydrogen (secondary N) is 1. The average molecular weight is 594 g/mol. The second-order valence-electron chi connectivity index (χ2n) is 8.24. The van der Waals surface area contributed by atoms with Crippen molar-refractivity contribution < 1.29 is 9.72 Å². The number of hydrogen-bond donors (Lipinski definition) is 1. The van der Waals surface area contributed by atoms with Crippen LogP contribution < -0.4 is 10.9 Å². The molecule has 0 aliphatic carbocycles. The number of anilines is 1. The summed E-state index contributed by atoms with van der Waals surface area (Å²) in [6, 6.07) is 18.7. The fourth-order valence-electron chi connectivity index (χ4n) is 4.16. The first-order valence-electron chi connectivity index (χ1n) is 11.2. The summed E-state index contributed by atoms with van der Waals surface area (Å²) in [5, 5.41) is 19.4. The quantitative estimate of drug-likeness (QED) is 0.179. The molecule has 1 N–H and O–H groups in total. The zero-order valence-electron chi connectivity index (χ0n) is 19.4. The summed E-state index contributed by atoms with van der Waals surface area (Å²) in [6.45, 7) is 0. The van der Waals surface area contributed by atoms with E-state index in [1.54, 1.807) is 18.2 Å². The van der Waals surface area contributed by atoms with E-state index < -0.39 is 16.4 Å². The number of carbonyl (C=O) groups is 1. The summed E-state index contributed by atoms with van der Waals surface area (Å²) in [4.78, 5) is 43.0. The van der Waals surface area contributed by atoms with Crippen LogP contribution in [0.1, 0.15) is 5.56 Å². The molecule has 0 fully saturated rings. The molecule has 0 saturated carbocycles. The van der Waals surface area contributed by atoms with E-state index in [-0.39, 0.29) is 21.8 Å². The number of benzene rings is 3. The van der Waals surface area contributed by atoms with E-state index in [2.05, 4.69) is 15.4 Å². The van der Waals surface area contributed by atoms with Crippen LogP contribution >= 0.6 is 46.3 Å². The van der Waals surface area contributed by atoms with Crippen LogP contribution in [0.2, 0.25) is 10.0 Å². The molecule has 192 valence electrons. The molecule has 6 rings (SSSR count). The van der Waals surface area contributed by atoms with Crippen molar-refractivity contribution in [1.29, 1.82) is 0 Å². The van der Waals surface area contributed by atoms with Crippen LogP contribution in [-0.2, 0) is 4.79 Å². The molecular weight excluding hydrogens is 581 g/mol. The van der Waals surface area contributed by atoms with Gasteiger partial charge in [-0.05, 0) is 23.8 Å². The summed E-state index contributed by atoms with van der Waals surface area (Å²) in [6.07, 6.45) is 1.24. The lowest BCUT2D eigenvalue weighted by atomic mass is 10.1. The molecule has 3 heterocycles. The molecule has 13 heteroatoms. The number of para-hydroxylation sites is 1. The van der Waals surface area contributed by atoms with Crippen LogP contribution in [0.5, 0.6) is 0 Å². The maximum absolute atomic E-state index is 13.8. The van der Waals surface area contributed by atoms with Crippen molar-refractivity contribution in [1.82, 2.24) is 9.66 Å². The van der Waals surface area contributed by atoms with Gasteiger partial charge in [-0.3, -0.25) is 19.7 Å². The summed E-state index contributed by atoms with van der Waals surface area (Å²) in [7, 11) is 0. The van der Waals surface area contributed by atoms with Crippen LogP contribution in [0.15, 0.2) is 92.1 Å². The summed E-state index contributed by atoms with van der Waals surface area (Å²) >= 11 is 14.8. The van der Waals surface area contributed by atoms with Crippen LogP contribution in [0.3, 0.4) is 0 Å². The van der Waals surface area contributed by atoms with Crippen molar-refractivity contribution in [3.63, 3.8) is 0 Å². The Morgan fingerprint density at radius 2 is 1.79 bits per heavy atom. The summed E-state index contributed by atoms with van der Waals surface area (Å²) in [5.74, 6) is -0.539. The van der Waals surface area contributed by atoms with E-state index in [9.17, 15) is 19.7 Å². The van der Waals surface area contributed by atoms with Crippen molar-refractivity contribution in [3.8, 4) is 11.1 Å². The molecule has 1 amide bonds. The van der Waals surface area contributed by atoms with Crippen LogP contribution in [0, 0.1) is 10.1 Å². The number of aromatic nitrogens is 2. The van der Waals surface area contributed by atoms with Gasteiger partial charge in [0.1, 0.15) is 11.2 Å². The van der Waals surface area contributed by atoms with Crippen molar-refractivity contribution in [3.05, 3.63) is 109 Å². The first-order chi connectivity index (χ1) is 18.8. The van der Waals surface area contributed by atoms with Gasteiger partial charge >= 0.3 is 0 Å². The predicted octanol–water partition coefficient (Wildman–Crippen LogP) is 6.70. The van der Waals surface area contributed by atoms with Crippen LogP contribution in [0.4, 0.5) is 11.4 Å². The van der Waals surface area contributed by atoms with E-state index in [0.717, 1.165) is 10.2 Å². The second kappa shape index (κ2) is 9.93. The zero-order chi connectivity index (χ0) is 27.3. The monoisotopic (exact) mass is 593 g/mol. The molecular formula is C26H13Cl2N5O4S2. The maximum Gasteiger partial charge on any atom is 0.283 e. The van der Waals surface area contributed by atoms with E-state index in [4.69, 9.17) is 23.2 Å². The molecule has 5 aromatic rings. The SMILES string of the molecule is O=C1Nc2c(Cl)cc(Cl)cc2/C1=N/n1cnc2sc(Sc3ccccc3[N+](=O)[O-])c(-c3ccccc3)c2c1=O. The van der Waals surface area contributed by atoms with Gasteiger partial charge in [0.15, 0.2) is 5.71 Å². The highest BCUT2D eigenvalue weighted by atomic mass is 35.5. The molecule has 2 aromatic heterocycles. The predicted molar refractivity (Wildman–Crippen MR) is 154 cm³/mol. The first kappa shape index (κ1) is 25.3. The average Bonchev–Trinajstić information content (AvgIpc) is 3.44. The molecule has 0 bridgehead atoms. The number of nitro groups is 1. The molecule has 1 aliphatic heterocycles. The Morgan fingerprint density at radius 1 is 1.05 bits per heavy atom. The number of thiophene rings is 1. The highest BCUT2D eigenvalue weighted by Gasteiger charge is 2.30. The third-order valence-corrected chi connectivity index (χ3v) is 8.73. The van der Waals surface area contributed by atoms with E-state index in [1.165, 1.54) is 47.6 Å². The Kier molecular flexibility index (Phi) is 6.43. The lowest BCUT2D eigenvalue weighted by Crippen LogP contribution is -2.22. The lowest BCUT2D eigenvalue weighted by Gasteiger charge is -2.06. The number of hydrogen-bond acceptors (Lipinski definition) is 8. The minimum atomic E-state index is -0.539. The largest absolute Gasteiger partial charge is 0.319 e. The Bertz CT molecular complexity index is 1920. The Labute approximate surface area is 237 Å². The number of amides is 1. The first-order valence-corrected chi connectivity index (χ1v) is 13.6. The zero-order valence-corrected chi connectivity index (χ0v) is 22.6. The van der Waals surface area contributed by atoms with Gasteiger partial charge in [0.25, 0.3) is 17.2 Å². The smallest absolute Gasteiger partial charge is 0.283 e. The van der Waals surface area contributed by atoms with Gasteiger partial charge in [-0.1, -0.05) is 77.4 Å². The molecule has 0 atom stereocenters. The Balaban J connectivity index is 1.56. The minimum absolute atomic E-state index is 0.0383. The maximum atomic E-state index is 13.8. The minimum Gasteiger partial charge on any atom is -0.319 e. The van der Waals surface area contributed by atoms with Crippen molar-refractivity contribution in [2.24, 2.45) is 5.10 Å². The highest BCUT2D eigenvalue weighted by Crippen LogP contribution is 2.46. The number of nitrogens with zero attached hydrogens (tertiary/aromatic N) is 4. The third kappa shape index (κ3) is 4.49. The highest BCUT2D eigenvalue weighted by molar-refractivity contribution is 8.01. The number of nitro benzene ring substituents is 1. The van der Waals surface area contributed by atoms with E-state index in [1.807, 2.05) is 30.3 Å². The summed E-state index contributed by atoms with van der Waals surface area (Å²) < 4.78 is 1.66. The Morgan fingerprint density at radius 3 is 2.56 bits per heavy atom. The normalized spacial score (nSPS) is 13.6. The molecule has 0 spiro atoms. The van der Waals surface area contributed by atoms with Crippen molar-refractivity contribution in [2.45, 2.75) is 9.10 Å². The van der Waals surface area contributed by atoms with Gasteiger partial charge in [0, 0.05) is 22.2 Å². The number of halogens is 2. The second-order valence-corrected chi connectivity index (χ2v) is 11.4. The van der Waals surface area contributed by atoms with Gasteiger partial charge in [0.05, 0.1) is 30.1 Å². The molecule has 3 aromatic carbocycles.